The first-order chi connectivity index (χ1) is 11.6. The number of aryl methyl sites for hydroxylation is 2. The van der Waals surface area contributed by atoms with E-state index in [0.717, 1.165) is 26.1 Å². The molecule has 1 amide bonds. The molecule has 1 aliphatic rings. The second-order valence-corrected chi connectivity index (χ2v) is 6.35. The van der Waals surface area contributed by atoms with E-state index >= 15 is 0 Å². The average Bonchev–Trinajstić information content (AvgIpc) is 3.08. The molecule has 0 N–H and O–H groups in total. The first-order valence-corrected chi connectivity index (χ1v) is 8.46. The topological polar surface area (TPSA) is 67.2 Å². The van der Waals surface area contributed by atoms with E-state index in [4.69, 9.17) is 0 Å². The van der Waals surface area contributed by atoms with Crippen molar-refractivity contribution >= 4 is 11.6 Å². The number of hydrogen-bond donors (Lipinski definition) is 0. The van der Waals surface area contributed by atoms with E-state index in [1.54, 1.807) is 11.0 Å². The SMILES string of the molecule is Cc1ccccc1N1CCN(C(=O)CCCn2cnnn2)[C@H](C)C1. The molecule has 2 heterocycles. The predicted octanol–water partition coefficient (Wildman–Crippen LogP) is 1.50. The van der Waals surface area contributed by atoms with E-state index < -0.39 is 0 Å². The van der Waals surface area contributed by atoms with Gasteiger partial charge in [-0.25, -0.2) is 4.68 Å². The summed E-state index contributed by atoms with van der Waals surface area (Å²) < 4.78 is 1.66. The molecular formula is C17H24N6O. The van der Waals surface area contributed by atoms with Gasteiger partial charge < -0.3 is 9.80 Å². The number of piperazine rings is 1. The van der Waals surface area contributed by atoms with Crippen LogP contribution in [0.15, 0.2) is 30.6 Å². The van der Waals surface area contributed by atoms with Crippen molar-refractivity contribution in [2.75, 3.05) is 24.5 Å². The molecule has 1 saturated heterocycles. The third kappa shape index (κ3) is 3.72. The zero-order valence-electron chi connectivity index (χ0n) is 14.3. The lowest BCUT2D eigenvalue weighted by Gasteiger charge is -2.41. The molecule has 0 spiro atoms. The van der Waals surface area contributed by atoms with E-state index in [2.05, 4.69) is 58.5 Å². The second kappa shape index (κ2) is 7.42. The largest absolute Gasteiger partial charge is 0.367 e. The maximum Gasteiger partial charge on any atom is 0.222 e. The molecule has 24 heavy (non-hydrogen) atoms. The third-order valence-electron chi connectivity index (χ3n) is 4.57. The molecule has 0 unspecified atom stereocenters. The lowest BCUT2D eigenvalue weighted by molar-refractivity contribution is -0.133. The van der Waals surface area contributed by atoms with Gasteiger partial charge in [0.05, 0.1) is 0 Å². The minimum Gasteiger partial charge on any atom is -0.367 e. The standard InChI is InChI=1S/C17H24N6O/c1-14-6-3-4-7-16(14)21-10-11-23(15(2)12-21)17(24)8-5-9-22-13-18-19-20-22/h3-4,6-7,13,15H,5,8-12H2,1-2H3/t15-/m1/s1. The molecule has 1 atom stereocenters. The molecule has 0 bridgehead atoms. The third-order valence-corrected chi connectivity index (χ3v) is 4.57. The highest BCUT2D eigenvalue weighted by Crippen LogP contribution is 2.23. The molecule has 1 aromatic heterocycles. The summed E-state index contributed by atoms with van der Waals surface area (Å²) in [6.45, 7) is 7.48. The highest BCUT2D eigenvalue weighted by molar-refractivity contribution is 5.77. The normalized spacial score (nSPS) is 18.0. The van der Waals surface area contributed by atoms with Gasteiger partial charge in [0.2, 0.25) is 5.91 Å². The van der Waals surface area contributed by atoms with E-state index in [9.17, 15) is 4.79 Å². The highest BCUT2D eigenvalue weighted by Gasteiger charge is 2.27. The summed E-state index contributed by atoms with van der Waals surface area (Å²) >= 11 is 0. The Bertz CT molecular complexity index is 671. The fraction of sp³-hybridized carbons (Fsp3) is 0.529. The van der Waals surface area contributed by atoms with Gasteiger partial charge in [-0.2, -0.15) is 0 Å². The molecule has 0 radical (unpaired) electrons. The van der Waals surface area contributed by atoms with Crippen LogP contribution < -0.4 is 4.90 Å². The highest BCUT2D eigenvalue weighted by atomic mass is 16.2. The molecule has 7 heteroatoms. The molecule has 7 nitrogen and oxygen atoms in total. The number of carbonyl (C=O) groups is 1. The van der Waals surface area contributed by atoms with Crippen molar-refractivity contribution in [2.45, 2.75) is 39.3 Å². The first kappa shape index (κ1) is 16.4. The van der Waals surface area contributed by atoms with Gasteiger partial charge in [0, 0.05) is 44.3 Å². The lowest BCUT2D eigenvalue weighted by Crippen LogP contribution is -2.54. The summed E-state index contributed by atoms with van der Waals surface area (Å²) in [5, 5.41) is 11.0. The predicted molar refractivity (Wildman–Crippen MR) is 91.6 cm³/mol. The first-order valence-electron chi connectivity index (χ1n) is 8.46. The summed E-state index contributed by atoms with van der Waals surface area (Å²) in [5.74, 6) is 0.222. The van der Waals surface area contributed by atoms with E-state index in [-0.39, 0.29) is 11.9 Å². The minimum absolute atomic E-state index is 0.221. The molecule has 1 fully saturated rings. The van der Waals surface area contributed by atoms with Gasteiger partial charge in [-0.05, 0) is 42.3 Å². The second-order valence-electron chi connectivity index (χ2n) is 6.35. The number of hydrogen-bond acceptors (Lipinski definition) is 5. The van der Waals surface area contributed by atoms with Crippen molar-refractivity contribution in [3.8, 4) is 0 Å². The maximum absolute atomic E-state index is 12.5. The number of para-hydroxylation sites is 1. The van der Waals surface area contributed by atoms with Crippen molar-refractivity contribution in [1.82, 2.24) is 25.1 Å². The summed E-state index contributed by atoms with van der Waals surface area (Å²) in [5.41, 5.74) is 2.56. The van der Waals surface area contributed by atoms with Crippen molar-refractivity contribution in [3.63, 3.8) is 0 Å². The Kier molecular flexibility index (Phi) is 5.08. The maximum atomic E-state index is 12.5. The van der Waals surface area contributed by atoms with Crippen LogP contribution in [0.5, 0.6) is 0 Å². The number of nitrogens with zero attached hydrogens (tertiary/aromatic N) is 6. The van der Waals surface area contributed by atoms with E-state index in [0.29, 0.717) is 13.0 Å². The Labute approximate surface area is 142 Å². The van der Waals surface area contributed by atoms with Crippen molar-refractivity contribution in [2.24, 2.45) is 0 Å². The van der Waals surface area contributed by atoms with Gasteiger partial charge in [0.25, 0.3) is 0 Å². The van der Waals surface area contributed by atoms with Gasteiger partial charge in [0.1, 0.15) is 6.33 Å². The zero-order chi connectivity index (χ0) is 16.9. The molecule has 0 saturated carbocycles. The summed E-state index contributed by atoms with van der Waals surface area (Å²) in [7, 11) is 0. The van der Waals surface area contributed by atoms with Crippen LogP contribution in [0.3, 0.4) is 0 Å². The lowest BCUT2D eigenvalue weighted by atomic mass is 10.1. The Hall–Kier alpha value is -2.44. The number of carbonyl (C=O) groups excluding carboxylic acids is 1. The van der Waals surface area contributed by atoms with Crippen LogP contribution in [0.25, 0.3) is 0 Å². The number of aromatic nitrogens is 4. The molecule has 3 rings (SSSR count). The molecule has 2 aromatic rings. The van der Waals surface area contributed by atoms with Crippen LogP contribution in [0.2, 0.25) is 0 Å². The fourth-order valence-electron chi connectivity index (χ4n) is 3.28. The molecule has 1 aromatic carbocycles. The number of benzene rings is 1. The van der Waals surface area contributed by atoms with E-state index in [1.807, 2.05) is 4.90 Å². The average molecular weight is 328 g/mol. The van der Waals surface area contributed by atoms with Gasteiger partial charge in [0.15, 0.2) is 0 Å². The van der Waals surface area contributed by atoms with E-state index in [1.165, 1.54) is 11.3 Å². The fourth-order valence-corrected chi connectivity index (χ4v) is 3.28. The van der Waals surface area contributed by atoms with Gasteiger partial charge in [-0.3, -0.25) is 4.79 Å². The molecule has 0 aliphatic carbocycles. The Morgan fingerprint density at radius 1 is 1.29 bits per heavy atom. The minimum atomic E-state index is 0.221. The number of anilines is 1. The number of amides is 1. The van der Waals surface area contributed by atoms with Crippen LogP contribution in [0.4, 0.5) is 5.69 Å². The molecular weight excluding hydrogens is 304 g/mol. The van der Waals surface area contributed by atoms with Crippen molar-refractivity contribution in [3.05, 3.63) is 36.2 Å². The van der Waals surface area contributed by atoms with Crippen LogP contribution in [-0.4, -0.2) is 56.7 Å². The quantitative estimate of drug-likeness (QED) is 0.832. The summed E-state index contributed by atoms with van der Waals surface area (Å²) in [4.78, 5) is 16.9. The van der Waals surface area contributed by atoms with Crippen molar-refractivity contribution < 1.29 is 4.79 Å². The molecule has 128 valence electrons. The number of tetrazole rings is 1. The Morgan fingerprint density at radius 2 is 2.12 bits per heavy atom. The summed E-state index contributed by atoms with van der Waals surface area (Å²) in [6.07, 6.45) is 2.87. The van der Waals surface area contributed by atoms with Gasteiger partial charge in [-0.1, -0.05) is 18.2 Å². The van der Waals surface area contributed by atoms with Gasteiger partial charge >= 0.3 is 0 Å². The van der Waals surface area contributed by atoms with Crippen LogP contribution in [-0.2, 0) is 11.3 Å². The summed E-state index contributed by atoms with van der Waals surface area (Å²) in [6, 6.07) is 8.65. The van der Waals surface area contributed by atoms with Crippen molar-refractivity contribution in [1.29, 1.82) is 0 Å². The monoisotopic (exact) mass is 328 g/mol. The van der Waals surface area contributed by atoms with Gasteiger partial charge in [-0.15, -0.1) is 5.10 Å². The van der Waals surface area contributed by atoms with Crippen LogP contribution in [0.1, 0.15) is 25.3 Å². The molecule has 1 aliphatic heterocycles. The van der Waals surface area contributed by atoms with Crippen LogP contribution in [0, 0.1) is 6.92 Å². The van der Waals surface area contributed by atoms with Crippen LogP contribution >= 0.6 is 0 Å². The number of rotatable bonds is 5. The Balaban J connectivity index is 1.51. The smallest absolute Gasteiger partial charge is 0.222 e. The Morgan fingerprint density at radius 3 is 2.83 bits per heavy atom. The zero-order valence-corrected chi connectivity index (χ0v) is 14.3.